The Hall–Kier alpha value is -2.23. The molecule has 0 aromatic heterocycles. The van der Waals surface area contributed by atoms with Gasteiger partial charge < -0.3 is 15.1 Å². The highest BCUT2D eigenvalue weighted by Crippen LogP contribution is 2.26. The van der Waals surface area contributed by atoms with Gasteiger partial charge in [0.25, 0.3) is 0 Å². The monoisotopic (exact) mass is 375 g/mol. The second-order valence-corrected chi connectivity index (χ2v) is 8.43. The maximum Gasteiger partial charge on any atom is 0.240 e. The first kappa shape index (κ1) is 21.1. The molecule has 8 heteroatoms. The van der Waals surface area contributed by atoms with E-state index in [9.17, 15) is 14.4 Å². The summed E-state index contributed by atoms with van der Waals surface area (Å²) in [4.78, 5) is 41.0. The Balaban J connectivity index is 0.000000321. The van der Waals surface area contributed by atoms with Gasteiger partial charge in [-0.1, -0.05) is 6.92 Å². The number of hydrogen-bond donors (Lipinski definition) is 1. The molecule has 0 aliphatic carbocycles. The van der Waals surface area contributed by atoms with Gasteiger partial charge in [0.2, 0.25) is 17.9 Å². The molecule has 0 saturated carbocycles. The van der Waals surface area contributed by atoms with Gasteiger partial charge in [0.15, 0.2) is 0 Å². The number of aliphatic imine (C=N–C) groups is 1. The summed E-state index contributed by atoms with van der Waals surface area (Å²) in [6.45, 7) is 9.38. The lowest BCUT2D eigenvalue weighted by molar-refractivity contribution is -0.138. The van der Waals surface area contributed by atoms with Crippen molar-refractivity contribution in [2.75, 3.05) is 19.6 Å². The molecule has 3 heterocycles. The Morgan fingerprint density at radius 1 is 1.44 bits per heavy atom. The number of amides is 2. The van der Waals surface area contributed by atoms with Gasteiger partial charge in [-0.25, -0.2) is 9.79 Å². The molecule has 0 aromatic rings. The zero-order valence-electron chi connectivity index (χ0n) is 16.6. The topological polar surface area (TPSA) is 106 Å². The third-order valence-corrected chi connectivity index (χ3v) is 5.09. The summed E-state index contributed by atoms with van der Waals surface area (Å²) in [6.07, 6.45) is 4.01. The van der Waals surface area contributed by atoms with Crippen molar-refractivity contribution in [3.63, 3.8) is 0 Å². The Bertz CT molecular complexity index is 659. The average molecular weight is 375 g/mol. The highest BCUT2D eigenvalue weighted by atomic mass is 16.2. The van der Waals surface area contributed by atoms with Crippen molar-refractivity contribution in [1.82, 2.24) is 15.1 Å². The standard InChI is InChI=1S/C14H20N4O2.C5H9NO/c1-9(13(19)17-4-2-3-10(17)6-15)8-18-11-5-12(14(18)20)16-7-11;1-5(2,3)6-4-7/h9-12,16H,2-5,7-8H2,1H3;1-3H3/t9-,10-,11-,12-;/m0./s1. The van der Waals surface area contributed by atoms with E-state index in [1.165, 1.54) is 6.08 Å². The minimum absolute atomic E-state index is 0.0117. The molecule has 2 amide bonds. The van der Waals surface area contributed by atoms with E-state index >= 15 is 0 Å². The van der Waals surface area contributed by atoms with E-state index in [4.69, 9.17) is 5.26 Å². The van der Waals surface area contributed by atoms with Crippen LogP contribution in [0.5, 0.6) is 0 Å². The van der Waals surface area contributed by atoms with E-state index in [0.29, 0.717) is 13.1 Å². The van der Waals surface area contributed by atoms with Crippen LogP contribution < -0.4 is 5.32 Å². The molecule has 0 radical (unpaired) electrons. The zero-order valence-corrected chi connectivity index (χ0v) is 16.6. The number of nitrogens with zero attached hydrogens (tertiary/aromatic N) is 4. The Morgan fingerprint density at radius 2 is 2.15 bits per heavy atom. The van der Waals surface area contributed by atoms with E-state index in [-0.39, 0.29) is 41.4 Å². The number of piperazine rings is 1. The van der Waals surface area contributed by atoms with Gasteiger partial charge in [-0.2, -0.15) is 5.26 Å². The Kier molecular flexibility index (Phi) is 6.74. The number of carbonyl (C=O) groups excluding carboxylic acids is 3. The summed E-state index contributed by atoms with van der Waals surface area (Å²) in [5, 5.41) is 12.2. The van der Waals surface area contributed by atoms with Crippen molar-refractivity contribution in [3.05, 3.63) is 0 Å². The number of hydrogen-bond acceptors (Lipinski definition) is 6. The first-order valence-electron chi connectivity index (χ1n) is 9.51. The van der Waals surface area contributed by atoms with Crippen LogP contribution in [0.4, 0.5) is 0 Å². The average Bonchev–Trinajstić information content (AvgIpc) is 3.31. The first-order chi connectivity index (χ1) is 12.7. The second-order valence-electron chi connectivity index (χ2n) is 8.43. The molecule has 2 bridgehead atoms. The lowest BCUT2D eigenvalue weighted by Crippen LogP contribution is -2.51. The molecule has 0 unspecified atom stereocenters. The van der Waals surface area contributed by atoms with Gasteiger partial charge in [0, 0.05) is 25.7 Å². The summed E-state index contributed by atoms with van der Waals surface area (Å²) >= 11 is 0. The lowest BCUT2D eigenvalue weighted by atomic mass is 10.1. The van der Waals surface area contributed by atoms with Crippen molar-refractivity contribution >= 4 is 17.9 Å². The molecule has 27 heavy (non-hydrogen) atoms. The van der Waals surface area contributed by atoms with Crippen molar-refractivity contribution in [1.29, 1.82) is 5.26 Å². The van der Waals surface area contributed by atoms with Gasteiger partial charge in [0.05, 0.1) is 23.6 Å². The van der Waals surface area contributed by atoms with Crippen LogP contribution >= 0.6 is 0 Å². The molecule has 3 aliphatic heterocycles. The molecule has 8 nitrogen and oxygen atoms in total. The van der Waals surface area contributed by atoms with Gasteiger partial charge in [-0.3, -0.25) is 9.59 Å². The van der Waals surface area contributed by atoms with E-state index < -0.39 is 0 Å². The smallest absolute Gasteiger partial charge is 0.240 e. The van der Waals surface area contributed by atoms with Crippen LogP contribution in [-0.2, 0) is 14.4 Å². The maximum absolute atomic E-state index is 12.4. The van der Waals surface area contributed by atoms with Crippen molar-refractivity contribution in [2.24, 2.45) is 10.9 Å². The van der Waals surface area contributed by atoms with Crippen LogP contribution in [0.15, 0.2) is 4.99 Å². The van der Waals surface area contributed by atoms with Gasteiger partial charge in [-0.05, 0) is 40.0 Å². The highest BCUT2D eigenvalue weighted by Gasteiger charge is 2.45. The fraction of sp³-hybridized carbons (Fsp3) is 0.789. The molecule has 4 atom stereocenters. The Morgan fingerprint density at radius 3 is 2.63 bits per heavy atom. The van der Waals surface area contributed by atoms with Gasteiger partial charge in [-0.15, -0.1) is 0 Å². The highest BCUT2D eigenvalue weighted by molar-refractivity contribution is 5.87. The predicted octanol–water partition coefficient (Wildman–Crippen LogP) is 0.830. The minimum Gasteiger partial charge on any atom is -0.336 e. The van der Waals surface area contributed by atoms with E-state index in [0.717, 1.165) is 25.8 Å². The van der Waals surface area contributed by atoms with E-state index in [2.05, 4.69) is 16.4 Å². The molecule has 148 valence electrons. The largest absolute Gasteiger partial charge is 0.336 e. The molecular weight excluding hydrogens is 346 g/mol. The molecule has 1 N–H and O–H groups in total. The van der Waals surface area contributed by atoms with Gasteiger partial charge >= 0.3 is 0 Å². The van der Waals surface area contributed by atoms with Crippen LogP contribution in [0.3, 0.4) is 0 Å². The third-order valence-electron chi connectivity index (χ3n) is 5.09. The molecule has 0 aromatic carbocycles. The number of nitriles is 1. The number of isocyanates is 1. The van der Waals surface area contributed by atoms with Crippen LogP contribution in [0.2, 0.25) is 0 Å². The first-order valence-corrected chi connectivity index (χ1v) is 9.51. The van der Waals surface area contributed by atoms with Crippen molar-refractivity contribution in [3.8, 4) is 6.07 Å². The van der Waals surface area contributed by atoms with Crippen LogP contribution in [0, 0.1) is 17.2 Å². The van der Waals surface area contributed by atoms with Crippen LogP contribution in [0.25, 0.3) is 0 Å². The molecule has 0 spiro atoms. The molecule has 3 saturated heterocycles. The maximum atomic E-state index is 12.4. The molecule has 3 aliphatic rings. The fourth-order valence-electron chi connectivity index (χ4n) is 3.72. The normalized spacial score (nSPS) is 27.5. The fourth-order valence-corrected chi connectivity index (χ4v) is 3.72. The third kappa shape index (κ3) is 5.15. The second kappa shape index (κ2) is 8.64. The Labute approximate surface area is 160 Å². The van der Waals surface area contributed by atoms with Gasteiger partial charge in [0.1, 0.15) is 6.04 Å². The minimum atomic E-state index is -0.280. The zero-order chi connectivity index (χ0) is 20.2. The van der Waals surface area contributed by atoms with Crippen LogP contribution in [0.1, 0.15) is 47.0 Å². The van der Waals surface area contributed by atoms with Crippen LogP contribution in [-0.4, -0.2) is 71.0 Å². The summed E-state index contributed by atoms with van der Waals surface area (Å²) in [5.74, 6) is -0.0935. The quantitative estimate of drug-likeness (QED) is 0.581. The number of fused-ring (bicyclic) bond motifs is 2. The van der Waals surface area contributed by atoms with Crippen molar-refractivity contribution < 1.29 is 14.4 Å². The summed E-state index contributed by atoms with van der Waals surface area (Å²) in [5.41, 5.74) is -0.248. The SMILES string of the molecule is CC(C)(C)N=C=O.C[C@@H](CN1C(=O)[C@@H]2C[C@H]1CN2)C(=O)N1CCC[C@H]1C#N. The number of rotatable bonds is 3. The summed E-state index contributed by atoms with van der Waals surface area (Å²) < 4.78 is 0. The molecule has 3 fully saturated rings. The summed E-state index contributed by atoms with van der Waals surface area (Å²) in [6, 6.07) is 2.12. The number of carbonyl (C=O) groups is 2. The van der Waals surface area contributed by atoms with E-state index in [1.54, 1.807) is 4.90 Å². The molecule has 3 rings (SSSR count). The van der Waals surface area contributed by atoms with Crippen molar-refractivity contribution in [2.45, 2.75) is 70.6 Å². The number of nitrogens with one attached hydrogen (secondary N) is 1. The summed E-state index contributed by atoms with van der Waals surface area (Å²) in [7, 11) is 0. The number of likely N-dealkylation sites (tertiary alicyclic amines) is 2. The molecular formula is C19H29N5O3. The van der Waals surface area contributed by atoms with E-state index in [1.807, 2.05) is 32.6 Å². The predicted molar refractivity (Wildman–Crippen MR) is 99.3 cm³/mol. The lowest BCUT2D eigenvalue weighted by Gasteiger charge is -2.31.